The number of carbonyl (C=O) groups excluding carboxylic acids is 1. The Morgan fingerprint density at radius 2 is 2.12 bits per heavy atom. The fourth-order valence-electron chi connectivity index (χ4n) is 3.96. The maximum Gasteiger partial charge on any atom is 0.258 e. The van der Waals surface area contributed by atoms with E-state index < -0.39 is 0 Å². The molecule has 1 aromatic carbocycles. The van der Waals surface area contributed by atoms with Crippen molar-refractivity contribution in [2.24, 2.45) is 0 Å². The van der Waals surface area contributed by atoms with Crippen molar-refractivity contribution in [1.82, 2.24) is 9.88 Å². The summed E-state index contributed by atoms with van der Waals surface area (Å²) in [4.78, 5) is 21.3. The van der Waals surface area contributed by atoms with Gasteiger partial charge in [0, 0.05) is 35.9 Å². The van der Waals surface area contributed by atoms with Gasteiger partial charge in [0.15, 0.2) is 0 Å². The SMILES string of the molecule is O=C1c2ccc(Cl)cc2CCN1c1cncc(CN2CCC[C@H]2CO)c1. The number of benzene rings is 1. The summed E-state index contributed by atoms with van der Waals surface area (Å²) in [5, 5.41) is 10.2. The highest BCUT2D eigenvalue weighted by atomic mass is 35.5. The molecular weight excluding hydrogens is 350 g/mol. The standard InChI is InChI=1S/C20H22ClN3O2/c21-16-3-4-19-15(9-16)5-7-24(20(19)26)18-8-14(10-22-11-18)12-23-6-1-2-17(23)13-25/h3-4,8-11,17,25H,1-2,5-7,12-13H2/t17-/m0/s1. The van der Waals surface area contributed by atoms with Gasteiger partial charge in [-0.15, -0.1) is 0 Å². The van der Waals surface area contributed by atoms with E-state index in [2.05, 4.69) is 9.88 Å². The van der Waals surface area contributed by atoms with E-state index in [0.29, 0.717) is 17.1 Å². The molecule has 26 heavy (non-hydrogen) atoms. The number of fused-ring (bicyclic) bond motifs is 1. The van der Waals surface area contributed by atoms with Gasteiger partial charge >= 0.3 is 0 Å². The number of carbonyl (C=O) groups is 1. The van der Waals surface area contributed by atoms with E-state index in [1.165, 1.54) is 0 Å². The summed E-state index contributed by atoms with van der Waals surface area (Å²) in [5.41, 5.74) is 3.61. The number of hydrogen-bond donors (Lipinski definition) is 1. The van der Waals surface area contributed by atoms with Gasteiger partial charge in [-0.2, -0.15) is 0 Å². The lowest BCUT2D eigenvalue weighted by Gasteiger charge is -2.29. The molecule has 0 radical (unpaired) electrons. The van der Waals surface area contributed by atoms with Crippen molar-refractivity contribution < 1.29 is 9.90 Å². The van der Waals surface area contributed by atoms with E-state index >= 15 is 0 Å². The molecule has 0 aliphatic carbocycles. The van der Waals surface area contributed by atoms with Crippen molar-refractivity contribution in [1.29, 1.82) is 0 Å². The normalized spacial score (nSPS) is 20.5. The molecule has 136 valence electrons. The molecule has 0 saturated carbocycles. The highest BCUT2D eigenvalue weighted by Gasteiger charge is 2.27. The predicted octanol–water partition coefficient (Wildman–Crippen LogP) is 2.89. The van der Waals surface area contributed by atoms with Crippen LogP contribution in [0.5, 0.6) is 0 Å². The average molecular weight is 372 g/mol. The first-order valence-electron chi connectivity index (χ1n) is 9.05. The fourth-order valence-corrected chi connectivity index (χ4v) is 4.15. The van der Waals surface area contributed by atoms with Gasteiger partial charge in [0.1, 0.15) is 0 Å². The molecular formula is C20H22ClN3O2. The number of anilines is 1. The summed E-state index contributed by atoms with van der Waals surface area (Å²) in [6, 6.07) is 7.71. The Hall–Kier alpha value is -1.95. The van der Waals surface area contributed by atoms with Crippen LogP contribution >= 0.6 is 11.6 Å². The van der Waals surface area contributed by atoms with Crippen LogP contribution in [0.3, 0.4) is 0 Å². The van der Waals surface area contributed by atoms with Gasteiger partial charge in [0.25, 0.3) is 5.91 Å². The minimum atomic E-state index is -0.00345. The van der Waals surface area contributed by atoms with Crippen molar-refractivity contribution in [3.63, 3.8) is 0 Å². The smallest absolute Gasteiger partial charge is 0.258 e. The third-order valence-corrected chi connectivity index (χ3v) is 5.57. The van der Waals surface area contributed by atoms with Crippen molar-refractivity contribution >= 4 is 23.2 Å². The van der Waals surface area contributed by atoms with Crippen LogP contribution < -0.4 is 4.90 Å². The fraction of sp³-hybridized carbons (Fsp3) is 0.400. The summed E-state index contributed by atoms with van der Waals surface area (Å²) in [6.45, 7) is 2.56. The number of halogens is 1. The van der Waals surface area contributed by atoms with Gasteiger partial charge in [-0.3, -0.25) is 14.7 Å². The first-order valence-corrected chi connectivity index (χ1v) is 9.42. The summed E-state index contributed by atoms with van der Waals surface area (Å²) < 4.78 is 0. The molecule has 5 nitrogen and oxygen atoms in total. The predicted molar refractivity (Wildman–Crippen MR) is 102 cm³/mol. The lowest BCUT2D eigenvalue weighted by molar-refractivity contribution is 0.0980. The quantitative estimate of drug-likeness (QED) is 0.897. The van der Waals surface area contributed by atoms with E-state index in [4.69, 9.17) is 11.6 Å². The summed E-state index contributed by atoms with van der Waals surface area (Å²) in [7, 11) is 0. The van der Waals surface area contributed by atoms with Gasteiger partial charge in [-0.1, -0.05) is 11.6 Å². The molecule has 3 heterocycles. The maximum absolute atomic E-state index is 12.9. The second-order valence-electron chi connectivity index (χ2n) is 7.01. The molecule has 0 spiro atoms. The number of aromatic nitrogens is 1. The molecule has 1 saturated heterocycles. The molecule has 0 bridgehead atoms. The lowest BCUT2D eigenvalue weighted by atomic mass is 9.98. The summed E-state index contributed by atoms with van der Waals surface area (Å²) in [5.74, 6) is -0.00345. The topological polar surface area (TPSA) is 56.7 Å². The number of rotatable bonds is 4. The van der Waals surface area contributed by atoms with Crippen LogP contribution in [0.2, 0.25) is 5.02 Å². The summed E-state index contributed by atoms with van der Waals surface area (Å²) >= 11 is 6.05. The van der Waals surface area contributed by atoms with Crippen LogP contribution in [0.25, 0.3) is 0 Å². The molecule has 1 amide bonds. The number of aliphatic hydroxyl groups is 1. The third kappa shape index (κ3) is 3.34. The molecule has 1 fully saturated rings. The first kappa shape index (κ1) is 17.5. The minimum Gasteiger partial charge on any atom is -0.395 e. The monoisotopic (exact) mass is 371 g/mol. The largest absolute Gasteiger partial charge is 0.395 e. The van der Waals surface area contributed by atoms with Crippen LogP contribution in [-0.4, -0.2) is 46.6 Å². The summed E-state index contributed by atoms with van der Waals surface area (Å²) in [6.07, 6.45) is 6.52. The Morgan fingerprint density at radius 1 is 1.23 bits per heavy atom. The van der Waals surface area contributed by atoms with Crippen LogP contribution in [0.4, 0.5) is 5.69 Å². The number of hydrogen-bond acceptors (Lipinski definition) is 4. The first-order chi connectivity index (χ1) is 12.7. The molecule has 2 aromatic rings. The molecule has 2 aliphatic heterocycles. The highest BCUT2D eigenvalue weighted by molar-refractivity contribution is 6.30. The Kier molecular flexibility index (Phi) is 4.94. The highest BCUT2D eigenvalue weighted by Crippen LogP contribution is 2.27. The Balaban J connectivity index is 1.55. The maximum atomic E-state index is 12.9. The van der Waals surface area contributed by atoms with Crippen molar-refractivity contribution in [2.75, 3.05) is 24.6 Å². The zero-order chi connectivity index (χ0) is 18.1. The van der Waals surface area contributed by atoms with Crippen molar-refractivity contribution in [3.05, 3.63) is 58.4 Å². The van der Waals surface area contributed by atoms with Crippen LogP contribution in [-0.2, 0) is 13.0 Å². The van der Waals surface area contributed by atoms with Gasteiger partial charge in [0.05, 0.1) is 18.5 Å². The average Bonchev–Trinajstić information content (AvgIpc) is 3.09. The Bertz CT molecular complexity index is 826. The molecule has 1 atom stereocenters. The zero-order valence-electron chi connectivity index (χ0n) is 14.6. The lowest BCUT2D eigenvalue weighted by Crippen LogP contribution is -2.38. The van der Waals surface area contributed by atoms with Gasteiger partial charge in [-0.25, -0.2) is 0 Å². The number of aliphatic hydroxyl groups excluding tert-OH is 1. The number of likely N-dealkylation sites (tertiary alicyclic amines) is 1. The molecule has 2 aliphatic rings. The van der Waals surface area contributed by atoms with E-state index in [9.17, 15) is 9.90 Å². The van der Waals surface area contributed by atoms with Crippen LogP contribution in [0.1, 0.15) is 34.3 Å². The van der Waals surface area contributed by atoms with E-state index in [0.717, 1.165) is 49.2 Å². The second-order valence-corrected chi connectivity index (χ2v) is 7.45. The molecule has 1 N–H and O–H groups in total. The third-order valence-electron chi connectivity index (χ3n) is 5.34. The molecule has 4 rings (SSSR count). The van der Waals surface area contributed by atoms with Gasteiger partial charge in [-0.05, 0) is 61.2 Å². The van der Waals surface area contributed by atoms with E-state index in [1.807, 2.05) is 18.3 Å². The minimum absolute atomic E-state index is 0.00345. The number of amides is 1. The van der Waals surface area contributed by atoms with E-state index in [-0.39, 0.29) is 18.6 Å². The van der Waals surface area contributed by atoms with E-state index in [1.54, 1.807) is 23.2 Å². The van der Waals surface area contributed by atoms with Crippen molar-refractivity contribution in [2.45, 2.75) is 31.8 Å². The van der Waals surface area contributed by atoms with Gasteiger partial charge < -0.3 is 10.0 Å². The van der Waals surface area contributed by atoms with Gasteiger partial charge in [0.2, 0.25) is 0 Å². The molecule has 0 unspecified atom stereocenters. The second kappa shape index (κ2) is 7.35. The zero-order valence-corrected chi connectivity index (χ0v) is 15.3. The van der Waals surface area contributed by atoms with Crippen molar-refractivity contribution in [3.8, 4) is 0 Å². The Morgan fingerprint density at radius 3 is 2.96 bits per heavy atom. The molecule has 6 heteroatoms. The number of pyridine rings is 1. The molecule has 1 aromatic heterocycles. The van der Waals surface area contributed by atoms with Crippen LogP contribution in [0.15, 0.2) is 36.7 Å². The Labute approximate surface area is 158 Å². The van der Waals surface area contributed by atoms with Crippen LogP contribution in [0, 0.1) is 0 Å². The number of nitrogens with zero attached hydrogens (tertiary/aromatic N) is 3.